The third-order valence-electron chi connectivity index (χ3n) is 5.00. The van der Waals surface area contributed by atoms with Gasteiger partial charge in [0.2, 0.25) is 11.8 Å². The predicted octanol–water partition coefficient (Wildman–Crippen LogP) is 5.01. The molecule has 1 aromatic heterocycles. The molecular formula is C22H20ClN3O3S. The minimum atomic E-state index is -0.450. The van der Waals surface area contributed by atoms with E-state index in [9.17, 15) is 9.59 Å². The highest BCUT2D eigenvalue weighted by atomic mass is 35.5. The van der Waals surface area contributed by atoms with Crippen LogP contribution < -0.4 is 0 Å². The number of rotatable bonds is 4. The molecule has 0 aliphatic carbocycles. The maximum absolute atomic E-state index is 13.1. The van der Waals surface area contributed by atoms with Gasteiger partial charge in [-0.05, 0) is 55.7 Å². The average Bonchev–Trinajstić information content (AvgIpc) is 3.13. The van der Waals surface area contributed by atoms with Crippen molar-refractivity contribution >= 4 is 35.2 Å². The first-order valence-electron chi connectivity index (χ1n) is 9.70. The molecule has 4 rings (SSSR count). The van der Waals surface area contributed by atoms with Gasteiger partial charge in [-0.25, -0.2) is 0 Å². The zero-order chi connectivity index (χ0) is 21.1. The van der Waals surface area contributed by atoms with E-state index in [-0.39, 0.29) is 11.8 Å². The van der Waals surface area contributed by atoms with Gasteiger partial charge in [0.05, 0.1) is 5.25 Å². The number of amides is 2. The molecule has 8 heteroatoms. The molecule has 0 spiro atoms. The Bertz CT molecular complexity index is 1070. The maximum atomic E-state index is 13.1. The highest BCUT2D eigenvalue weighted by molar-refractivity contribution is 8.00. The number of nitrogens with zero attached hydrogens (tertiary/aromatic N) is 3. The van der Waals surface area contributed by atoms with Gasteiger partial charge in [0.1, 0.15) is 0 Å². The smallest absolute Gasteiger partial charge is 0.277 e. The van der Waals surface area contributed by atoms with E-state index in [0.717, 1.165) is 24.0 Å². The standard InChI is InChI=1S/C22H20ClN3O3S/c1-14-6-2-3-7-17(14)19-24-25-22(29-19)30-18-8-4-5-13-26(21(18)28)20(27)15-9-11-16(23)12-10-15/h2-3,6-7,9-12,18H,4-5,8,13H2,1H3/t18-/m1/s1. The molecule has 1 aliphatic heterocycles. The summed E-state index contributed by atoms with van der Waals surface area (Å²) in [5, 5.41) is 8.66. The number of aromatic nitrogens is 2. The molecule has 30 heavy (non-hydrogen) atoms. The fourth-order valence-corrected chi connectivity index (χ4v) is 4.46. The van der Waals surface area contributed by atoms with Crippen molar-refractivity contribution in [3.63, 3.8) is 0 Å². The van der Waals surface area contributed by atoms with Crippen LogP contribution in [0.15, 0.2) is 58.2 Å². The normalized spacial score (nSPS) is 17.1. The number of hydrogen-bond donors (Lipinski definition) is 0. The lowest BCUT2D eigenvalue weighted by atomic mass is 10.1. The van der Waals surface area contributed by atoms with Gasteiger partial charge in [-0.3, -0.25) is 14.5 Å². The van der Waals surface area contributed by atoms with Crippen molar-refractivity contribution in [3.05, 3.63) is 64.7 Å². The summed E-state index contributed by atoms with van der Waals surface area (Å²) >= 11 is 7.13. The van der Waals surface area contributed by atoms with E-state index in [4.69, 9.17) is 16.0 Å². The van der Waals surface area contributed by atoms with Gasteiger partial charge >= 0.3 is 0 Å². The second-order valence-corrected chi connectivity index (χ2v) is 8.68. The van der Waals surface area contributed by atoms with Crippen LogP contribution in [0.2, 0.25) is 5.02 Å². The number of thioether (sulfide) groups is 1. The Morgan fingerprint density at radius 3 is 2.67 bits per heavy atom. The van der Waals surface area contributed by atoms with Crippen LogP contribution in [0.5, 0.6) is 0 Å². The van der Waals surface area contributed by atoms with Crippen molar-refractivity contribution in [1.29, 1.82) is 0 Å². The van der Waals surface area contributed by atoms with Crippen LogP contribution in [0.25, 0.3) is 11.5 Å². The summed E-state index contributed by atoms with van der Waals surface area (Å²) < 4.78 is 5.81. The van der Waals surface area contributed by atoms with Gasteiger partial charge in [0, 0.05) is 22.7 Å². The number of carbonyl (C=O) groups is 2. The maximum Gasteiger partial charge on any atom is 0.277 e. The lowest BCUT2D eigenvalue weighted by Gasteiger charge is -2.21. The number of carbonyl (C=O) groups excluding carboxylic acids is 2. The van der Waals surface area contributed by atoms with Crippen molar-refractivity contribution in [2.45, 2.75) is 36.7 Å². The number of benzene rings is 2. The molecule has 1 atom stereocenters. The van der Waals surface area contributed by atoms with Crippen LogP contribution in [0, 0.1) is 6.92 Å². The first-order chi connectivity index (χ1) is 14.5. The molecule has 0 bridgehead atoms. The Morgan fingerprint density at radius 1 is 1.13 bits per heavy atom. The first kappa shape index (κ1) is 20.6. The van der Waals surface area contributed by atoms with Crippen LogP contribution in [-0.2, 0) is 4.79 Å². The lowest BCUT2D eigenvalue weighted by Crippen LogP contribution is -2.41. The number of hydrogen-bond acceptors (Lipinski definition) is 6. The molecule has 0 unspecified atom stereocenters. The highest BCUT2D eigenvalue weighted by Crippen LogP contribution is 2.32. The van der Waals surface area contributed by atoms with Crippen LogP contribution >= 0.6 is 23.4 Å². The molecular weight excluding hydrogens is 422 g/mol. The minimum Gasteiger partial charge on any atom is -0.411 e. The average molecular weight is 442 g/mol. The topological polar surface area (TPSA) is 76.3 Å². The zero-order valence-corrected chi connectivity index (χ0v) is 17.9. The molecule has 1 aliphatic rings. The molecule has 6 nitrogen and oxygen atoms in total. The van der Waals surface area contributed by atoms with Crippen LogP contribution in [0.4, 0.5) is 0 Å². The monoisotopic (exact) mass is 441 g/mol. The van der Waals surface area contributed by atoms with E-state index in [1.165, 1.54) is 16.7 Å². The van der Waals surface area contributed by atoms with Crippen LogP contribution in [-0.4, -0.2) is 38.7 Å². The summed E-state index contributed by atoms with van der Waals surface area (Å²) in [6.07, 6.45) is 2.25. The third-order valence-corrected chi connectivity index (χ3v) is 6.34. The van der Waals surface area contributed by atoms with Crippen molar-refractivity contribution in [1.82, 2.24) is 15.1 Å². The molecule has 2 aromatic carbocycles. The van der Waals surface area contributed by atoms with E-state index in [0.29, 0.717) is 34.7 Å². The minimum absolute atomic E-state index is 0.229. The molecule has 0 N–H and O–H groups in total. The molecule has 154 valence electrons. The quantitative estimate of drug-likeness (QED) is 0.529. The Hall–Kier alpha value is -2.64. The fourth-order valence-electron chi connectivity index (χ4n) is 3.37. The molecule has 2 heterocycles. The van der Waals surface area contributed by atoms with E-state index in [2.05, 4.69) is 10.2 Å². The van der Waals surface area contributed by atoms with E-state index in [1.807, 2.05) is 31.2 Å². The summed E-state index contributed by atoms with van der Waals surface area (Å²) in [6.45, 7) is 2.37. The second-order valence-electron chi connectivity index (χ2n) is 7.09. The lowest BCUT2D eigenvalue weighted by molar-refractivity contribution is -0.127. The number of likely N-dealkylation sites (tertiary alicyclic amines) is 1. The molecule has 2 amide bonds. The Morgan fingerprint density at radius 2 is 1.90 bits per heavy atom. The van der Waals surface area contributed by atoms with Gasteiger partial charge in [-0.1, -0.05) is 48.0 Å². The number of halogens is 1. The summed E-state index contributed by atoms with van der Waals surface area (Å²) in [7, 11) is 0. The van der Waals surface area contributed by atoms with Gasteiger partial charge in [0.25, 0.3) is 11.1 Å². The zero-order valence-electron chi connectivity index (χ0n) is 16.4. The molecule has 3 aromatic rings. The Labute approximate surface area is 183 Å². The summed E-state index contributed by atoms with van der Waals surface area (Å²) in [5.41, 5.74) is 2.34. The largest absolute Gasteiger partial charge is 0.411 e. The fraction of sp³-hybridized carbons (Fsp3) is 0.273. The third kappa shape index (κ3) is 4.42. The SMILES string of the molecule is Cc1ccccc1-c1nnc(S[C@@H]2CCCCN(C(=O)c3ccc(Cl)cc3)C2=O)o1. The van der Waals surface area contributed by atoms with E-state index in [1.54, 1.807) is 24.3 Å². The van der Waals surface area contributed by atoms with Crippen LogP contribution in [0.1, 0.15) is 35.2 Å². The van der Waals surface area contributed by atoms with Gasteiger partial charge in [0.15, 0.2) is 0 Å². The van der Waals surface area contributed by atoms with Gasteiger partial charge in [-0.15, -0.1) is 10.2 Å². The highest BCUT2D eigenvalue weighted by Gasteiger charge is 2.33. The predicted molar refractivity (Wildman–Crippen MR) is 115 cm³/mol. The Balaban J connectivity index is 1.51. The summed E-state index contributed by atoms with van der Waals surface area (Å²) in [6, 6.07) is 14.3. The number of imide groups is 1. The van der Waals surface area contributed by atoms with Crippen molar-refractivity contribution in [3.8, 4) is 11.5 Å². The summed E-state index contributed by atoms with van der Waals surface area (Å²) in [5.74, 6) is -0.117. The molecule has 1 fully saturated rings. The molecule has 0 radical (unpaired) electrons. The number of aryl methyl sites for hydroxylation is 1. The summed E-state index contributed by atoms with van der Waals surface area (Å²) in [4.78, 5) is 27.4. The van der Waals surface area contributed by atoms with Gasteiger partial charge in [-0.2, -0.15) is 0 Å². The van der Waals surface area contributed by atoms with Crippen molar-refractivity contribution in [2.24, 2.45) is 0 Å². The first-order valence-corrected chi connectivity index (χ1v) is 11.0. The second kappa shape index (κ2) is 9.02. The molecule has 0 saturated carbocycles. The van der Waals surface area contributed by atoms with E-state index < -0.39 is 5.25 Å². The Kier molecular flexibility index (Phi) is 6.20. The van der Waals surface area contributed by atoms with E-state index >= 15 is 0 Å². The van der Waals surface area contributed by atoms with Crippen molar-refractivity contribution < 1.29 is 14.0 Å². The van der Waals surface area contributed by atoms with Crippen LogP contribution in [0.3, 0.4) is 0 Å². The van der Waals surface area contributed by atoms with Crippen molar-refractivity contribution in [2.75, 3.05) is 6.54 Å². The molecule has 1 saturated heterocycles. The van der Waals surface area contributed by atoms with Gasteiger partial charge < -0.3 is 4.42 Å².